The number of hydrogen-bond donors (Lipinski definition) is 2. The summed E-state index contributed by atoms with van der Waals surface area (Å²) in [6.07, 6.45) is 14.1. The van der Waals surface area contributed by atoms with Crippen molar-refractivity contribution in [2.45, 2.75) is 64.3 Å². The first-order valence-electron chi connectivity index (χ1n) is 8.16. The predicted molar refractivity (Wildman–Crippen MR) is 83.0 cm³/mol. The summed E-state index contributed by atoms with van der Waals surface area (Å²) in [7, 11) is 2.06. The van der Waals surface area contributed by atoms with Crippen LogP contribution in [0.1, 0.15) is 57.7 Å². The van der Waals surface area contributed by atoms with Crippen LogP contribution in [0.4, 0.5) is 0 Å². The van der Waals surface area contributed by atoms with Gasteiger partial charge in [-0.3, -0.25) is 11.3 Å². The molecule has 1 saturated carbocycles. The van der Waals surface area contributed by atoms with Crippen LogP contribution in [-0.4, -0.2) is 15.6 Å². The highest BCUT2D eigenvalue weighted by atomic mass is 15.2. The third-order valence-corrected chi connectivity index (χ3v) is 4.97. The maximum atomic E-state index is 5.80. The monoisotopic (exact) mass is 278 g/mol. The Morgan fingerprint density at radius 2 is 2.15 bits per heavy atom. The van der Waals surface area contributed by atoms with Gasteiger partial charge in [0.1, 0.15) is 5.82 Å². The van der Waals surface area contributed by atoms with Crippen molar-refractivity contribution in [3.05, 3.63) is 18.2 Å². The quantitative estimate of drug-likeness (QED) is 0.595. The minimum Gasteiger partial charge on any atom is -0.338 e. The first-order chi connectivity index (χ1) is 9.74. The second-order valence-corrected chi connectivity index (χ2v) is 6.34. The van der Waals surface area contributed by atoms with E-state index < -0.39 is 0 Å². The molecule has 1 aromatic heterocycles. The molecule has 4 heteroatoms. The lowest BCUT2D eigenvalue weighted by molar-refractivity contribution is 0.207. The van der Waals surface area contributed by atoms with E-state index in [1.807, 2.05) is 12.4 Å². The van der Waals surface area contributed by atoms with Crippen LogP contribution in [0.15, 0.2) is 12.4 Å². The van der Waals surface area contributed by atoms with Gasteiger partial charge in [0.05, 0.1) is 0 Å². The minimum absolute atomic E-state index is 0.439. The molecule has 3 N–H and O–H groups in total. The van der Waals surface area contributed by atoms with Gasteiger partial charge >= 0.3 is 0 Å². The molecular formula is C16H30N4. The van der Waals surface area contributed by atoms with Crippen molar-refractivity contribution in [2.24, 2.45) is 24.7 Å². The fourth-order valence-electron chi connectivity index (χ4n) is 3.66. The molecule has 0 aliphatic heterocycles. The van der Waals surface area contributed by atoms with Gasteiger partial charge in [0, 0.05) is 31.9 Å². The number of hydrazine groups is 1. The van der Waals surface area contributed by atoms with E-state index in [-0.39, 0.29) is 0 Å². The maximum Gasteiger partial charge on any atom is 0.108 e. The van der Waals surface area contributed by atoms with Crippen LogP contribution in [0.2, 0.25) is 0 Å². The molecule has 1 atom stereocenters. The molecule has 1 aliphatic rings. The van der Waals surface area contributed by atoms with Gasteiger partial charge in [-0.15, -0.1) is 0 Å². The maximum absolute atomic E-state index is 5.80. The van der Waals surface area contributed by atoms with Gasteiger partial charge in [-0.05, 0) is 31.1 Å². The molecule has 1 fully saturated rings. The Morgan fingerprint density at radius 1 is 1.40 bits per heavy atom. The van der Waals surface area contributed by atoms with Gasteiger partial charge in [0.25, 0.3) is 0 Å². The van der Waals surface area contributed by atoms with E-state index in [0.29, 0.717) is 6.04 Å². The van der Waals surface area contributed by atoms with Gasteiger partial charge in [-0.25, -0.2) is 4.98 Å². The second-order valence-electron chi connectivity index (χ2n) is 6.34. The molecule has 1 unspecified atom stereocenters. The Balaban J connectivity index is 1.79. The molecule has 20 heavy (non-hydrogen) atoms. The van der Waals surface area contributed by atoms with E-state index in [4.69, 9.17) is 5.84 Å². The van der Waals surface area contributed by atoms with Crippen LogP contribution in [0, 0.1) is 11.8 Å². The third kappa shape index (κ3) is 4.06. The van der Waals surface area contributed by atoms with Gasteiger partial charge in [-0.1, -0.05) is 32.6 Å². The van der Waals surface area contributed by atoms with Crippen LogP contribution in [-0.2, 0) is 13.5 Å². The molecule has 0 bridgehead atoms. The Kier molecular flexibility index (Phi) is 6.05. The van der Waals surface area contributed by atoms with Crippen molar-refractivity contribution in [3.8, 4) is 0 Å². The topological polar surface area (TPSA) is 55.9 Å². The molecule has 114 valence electrons. The smallest absolute Gasteiger partial charge is 0.108 e. The van der Waals surface area contributed by atoms with Crippen LogP contribution >= 0.6 is 0 Å². The lowest BCUT2D eigenvalue weighted by Gasteiger charge is -2.33. The highest BCUT2D eigenvalue weighted by Gasteiger charge is 2.26. The van der Waals surface area contributed by atoms with E-state index >= 15 is 0 Å². The third-order valence-electron chi connectivity index (χ3n) is 4.97. The number of aromatic nitrogens is 2. The average molecular weight is 278 g/mol. The van der Waals surface area contributed by atoms with Crippen LogP contribution in [0.3, 0.4) is 0 Å². The first-order valence-corrected chi connectivity index (χ1v) is 8.16. The molecule has 0 aromatic carbocycles. The molecular weight excluding hydrogens is 248 g/mol. The number of nitrogens with two attached hydrogens (primary N) is 1. The SMILES string of the molecule is CCCC1CCC(C(CCc2nccn2C)NN)CC1. The summed E-state index contributed by atoms with van der Waals surface area (Å²) in [6, 6.07) is 0.439. The number of hydrogen-bond acceptors (Lipinski definition) is 3. The standard InChI is InChI=1S/C16H30N4/c1-3-4-13-5-7-14(8-6-13)15(19-17)9-10-16-18-11-12-20(16)2/h11-15,19H,3-10,17H2,1-2H3. The van der Waals surface area contributed by atoms with Crippen molar-refractivity contribution in [3.63, 3.8) is 0 Å². The summed E-state index contributed by atoms with van der Waals surface area (Å²) in [5.74, 6) is 8.66. The largest absolute Gasteiger partial charge is 0.338 e. The molecule has 0 spiro atoms. The lowest BCUT2D eigenvalue weighted by Crippen LogP contribution is -2.42. The number of rotatable bonds is 7. The van der Waals surface area contributed by atoms with Crippen LogP contribution in [0.25, 0.3) is 0 Å². The molecule has 4 nitrogen and oxygen atoms in total. The van der Waals surface area contributed by atoms with Crippen LogP contribution < -0.4 is 11.3 Å². The molecule has 0 saturated heterocycles. The zero-order valence-corrected chi connectivity index (χ0v) is 13.0. The second kappa shape index (κ2) is 7.79. The van der Waals surface area contributed by atoms with E-state index in [9.17, 15) is 0 Å². The summed E-state index contributed by atoms with van der Waals surface area (Å²) in [6.45, 7) is 2.29. The van der Waals surface area contributed by atoms with E-state index in [0.717, 1.165) is 30.5 Å². The summed E-state index contributed by atoms with van der Waals surface area (Å²) >= 11 is 0. The Labute approximate surface area is 123 Å². The van der Waals surface area contributed by atoms with Crippen molar-refractivity contribution in [1.82, 2.24) is 15.0 Å². The van der Waals surface area contributed by atoms with Gasteiger partial charge in [0.2, 0.25) is 0 Å². The number of aryl methyl sites for hydroxylation is 2. The summed E-state index contributed by atoms with van der Waals surface area (Å²) in [5, 5.41) is 0. The molecule has 0 radical (unpaired) electrons. The zero-order valence-electron chi connectivity index (χ0n) is 13.0. The summed E-state index contributed by atoms with van der Waals surface area (Å²) < 4.78 is 2.10. The predicted octanol–water partition coefficient (Wildman–Crippen LogP) is 2.79. The number of nitrogens with zero attached hydrogens (tertiary/aromatic N) is 2. The molecule has 1 aromatic rings. The number of nitrogens with one attached hydrogen (secondary N) is 1. The van der Waals surface area contributed by atoms with E-state index in [1.54, 1.807) is 0 Å². The van der Waals surface area contributed by atoms with Gasteiger partial charge in [0.15, 0.2) is 0 Å². The van der Waals surface area contributed by atoms with Crippen molar-refractivity contribution in [1.29, 1.82) is 0 Å². The zero-order chi connectivity index (χ0) is 14.4. The van der Waals surface area contributed by atoms with Crippen molar-refractivity contribution < 1.29 is 0 Å². The average Bonchev–Trinajstić information content (AvgIpc) is 2.87. The normalized spacial score (nSPS) is 24.8. The molecule has 2 rings (SSSR count). The van der Waals surface area contributed by atoms with Crippen molar-refractivity contribution >= 4 is 0 Å². The first kappa shape index (κ1) is 15.5. The summed E-state index contributed by atoms with van der Waals surface area (Å²) in [4.78, 5) is 4.40. The van der Waals surface area contributed by atoms with E-state index in [1.165, 1.54) is 38.5 Å². The Morgan fingerprint density at radius 3 is 2.70 bits per heavy atom. The minimum atomic E-state index is 0.439. The van der Waals surface area contributed by atoms with Gasteiger partial charge < -0.3 is 4.57 Å². The van der Waals surface area contributed by atoms with Gasteiger partial charge in [-0.2, -0.15) is 0 Å². The van der Waals surface area contributed by atoms with E-state index in [2.05, 4.69) is 28.9 Å². The molecule has 0 amide bonds. The Bertz CT molecular complexity index is 380. The molecule has 1 aliphatic carbocycles. The number of imidazole rings is 1. The lowest BCUT2D eigenvalue weighted by atomic mass is 9.76. The summed E-state index contributed by atoms with van der Waals surface area (Å²) in [5.41, 5.74) is 3.06. The fraction of sp³-hybridized carbons (Fsp3) is 0.812. The Hall–Kier alpha value is -0.870. The highest BCUT2D eigenvalue weighted by Crippen LogP contribution is 2.34. The van der Waals surface area contributed by atoms with Crippen molar-refractivity contribution in [2.75, 3.05) is 0 Å². The van der Waals surface area contributed by atoms with Crippen LogP contribution in [0.5, 0.6) is 0 Å². The fourth-order valence-corrected chi connectivity index (χ4v) is 3.66. The molecule has 1 heterocycles. The highest BCUT2D eigenvalue weighted by molar-refractivity contribution is 4.93.